The molecule has 100 valence electrons. The van der Waals surface area contributed by atoms with Gasteiger partial charge in [0.05, 0.1) is 11.6 Å². The van der Waals surface area contributed by atoms with Crippen molar-refractivity contribution in [2.75, 3.05) is 7.05 Å². The van der Waals surface area contributed by atoms with E-state index in [0.717, 1.165) is 18.8 Å². The van der Waals surface area contributed by atoms with Gasteiger partial charge in [0.25, 0.3) is 5.91 Å². The molecule has 1 fully saturated rings. The molecule has 0 atom stereocenters. The van der Waals surface area contributed by atoms with E-state index in [2.05, 4.69) is 13.0 Å². The van der Waals surface area contributed by atoms with Gasteiger partial charge < -0.3 is 4.90 Å². The first kappa shape index (κ1) is 13.6. The second kappa shape index (κ2) is 5.88. The number of carbonyl (C=O) groups is 1. The maximum absolute atomic E-state index is 12.4. The normalized spacial score (nSPS) is 22.6. The van der Waals surface area contributed by atoms with Crippen LogP contribution in [0.3, 0.4) is 0 Å². The molecule has 0 aromatic heterocycles. The third-order valence-corrected chi connectivity index (χ3v) is 4.11. The molecular formula is C16H20N2O. The predicted octanol–water partition coefficient (Wildman–Crippen LogP) is 3.21. The highest BCUT2D eigenvalue weighted by Crippen LogP contribution is 2.27. The molecule has 3 nitrogen and oxygen atoms in total. The van der Waals surface area contributed by atoms with E-state index in [1.54, 1.807) is 24.3 Å². The minimum Gasteiger partial charge on any atom is -0.339 e. The summed E-state index contributed by atoms with van der Waals surface area (Å²) in [5.74, 6) is 0.846. The second-order valence-electron chi connectivity index (χ2n) is 5.52. The lowest BCUT2D eigenvalue weighted by Crippen LogP contribution is -2.39. The highest BCUT2D eigenvalue weighted by atomic mass is 16.2. The zero-order chi connectivity index (χ0) is 13.8. The predicted molar refractivity (Wildman–Crippen MR) is 74.7 cm³/mol. The molecule has 1 aliphatic rings. The van der Waals surface area contributed by atoms with Crippen LogP contribution in [-0.2, 0) is 0 Å². The van der Waals surface area contributed by atoms with Crippen LogP contribution in [0.1, 0.15) is 48.5 Å². The Balaban J connectivity index is 2.04. The molecule has 1 saturated carbocycles. The fraction of sp³-hybridized carbons (Fsp3) is 0.500. The Morgan fingerprint density at radius 2 is 1.79 bits per heavy atom. The maximum atomic E-state index is 12.4. The van der Waals surface area contributed by atoms with Crippen molar-refractivity contribution >= 4 is 5.91 Å². The molecule has 0 aliphatic heterocycles. The molecule has 0 heterocycles. The molecule has 0 saturated heterocycles. The molecular weight excluding hydrogens is 236 g/mol. The van der Waals surface area contributed by atoms with Crippen molar-refractivity contribution < 1.29 is 4.79 Å². The van der Waals surface area contributed by atoms with Crippen molar-refractivity contribution in [3.63, 3.8) is 0 Å². The lowest BCUT2D eigenvalue weighted by Gasteiger charge is -2.33. The molecule has 19 heavy (non-hydrogen) atoms. The minimum absolute atomic E-state index is 0.0593. The summed E-state index contributed by atoms with van der Waals surface area (Å²) < 4.78 is 0. The monoisotopic (exact) mass is 256 g/mol. The molecule has 3 heteroatoms. The number of nitrogens with zero attached hydrogens (tertiary/aromatic N) is 2. The Hall–Kier alpha value is -1.82. The van der Waals surface area contributed by atoms with Gasteiger partial charge in [0.15, 0.2) is 0 Å². The molecule has 1 aliphatic carbocycles. The van der Waals surface area contributed by atoms with Crippen molar-refractivity contribution in [2.24, 2.45) is 5.92 Å². The Morgan fingerprint density at radius 1 is 1.21 bits per heavy atom. The van der Waals surface area contributed by atoms with Crippen molar-refractivity contribution in [3.05, 3.63) is 35.4 Å². The summed E-state index contributed by atoms with van der Waals surface area (Å²) in [6.07, 6.45) is 4.60. The van der Waals surface area contributed by atoms with Gasteiger partial charge in [0, 0.05) is 18.7 Å². The van der Waals surface area contributed by atoms with Crippen LogP contribution in [0.15, 0.2) is 24.3 Å². The summed E-state index contributed by atoms with van der Waals surface area (Å²) >= 11 is 0. The number of rotatable bonds is 2. The average molecular weight is 256 g/mol. The Morgan fingerprint density at radius 3 is 2.32 bits per heavy atom. The van der Waals surface area contributed by atoms with Gasteiger partial charge in [-0.2, -0.15) is 5.26 Å². The largest absolute Gasteiger partial charge is 0.339 e. The van der Waals surface area contributed by atoms with Crippen molar-refractivity contribution in [3.8, 4) is 6.07 Å². The third-order valence-electron chi connectivity index (χ3n) is 4.11. The van der Waals surface area contributed by atoms with E-state index in [1.807, 2.05) is 11.9 Å². The maximum Gasteiger partial charge on any atom is 0.253 e. The van der Waals surface area contributed by atoms with E-state index in [1.165, 1.54) is 12.8 Å². The van der Waals surface area contributed by atoms with Crippen LogP contribution in [0.4, 0.5) is 0 Å². The second-order valence-corrected chi connectivity index (χ2v) is 5.52. The van der Waals surface area contributed by atoms with E-state index in [9.17, 15) is 4.79 Å². The van der Waals surface area contributed by atoms with Crippen LogP contribution in [0.25, 0.3) is 0 Å². The van der Waals surface area contributed by atoms with Crippen molar-refractivity contribution in [1.82, 2.24) is 4.90 Å². The molecule has 0 unspecified atom stereocenters. The molecule has 1 amide bonds. The van der Waals surface area contributed by atoms with Gasteiger partial charge in [-0.25, -0.2) is 0 Å². The Kier molecular flexibility index (Phi) is 4.21. The molecule has 1 aromatic carbocycles. The smallest absolute Gasteiger partial charge is 0.253 e. The van der Waals surface area contributed by atoms with Gasteiger partial charge in [-0.1, -0.05) is 6.92 Å². The highest BCUT2D eigenvalue weighted by molar-refractivity contribution is 5.94. The van der Waals surface area contributed by atoms with Crippen LogP contribution in [0, 0.1) is 17.2 Å². The highest BCUT2D eigenvalue weighted by Gasteiger charge is 2.25. The number of carbonyl (C=O) groups excluding carboxylic acids is 1. The first-order valence-corrected chi connectivity index (χ1v) is 6.89. The average Bonchev–Trinajstić information content (AvgIpc) is 2.46. The van der Waals surface area contributed by atoms with Crippen molar-refractivity contribution in [2.45, 2.75) is 38.6 Å². The summed E-state index contributed by atoms with van der Waals surface area (Å²) in [6.45, 7) is 2.28. The van der Waals surface area contributed by atoms with Crippen LogP contribution in [0.2, 0.25) is 0 Å². The number of nitriles is 1. The van der Waals surface area contributed by atoms with Gasteiger partial charge >= 0.3 is 0 Å². The summed E-state index contributed by atoms with van der Waals surface area (Å²) in [7, 11) is 1.89. The zero-order valence-electron chi connectivity index (χ0n) is 11.6. The summed E-state index contributed by atoms with van der Waals surface area (Å²) in [5.41, 5.74) is 1.26. The zero-order valence-corrected chi connectivity index (χ0v) is 11.6. The number of amides is 1. The Bertz CT molecular complexity index is 478. The fourth-order valence-electron chi connectivity index (χ4n) is 2.69. The summed E-state index contributed by atoms with van der Waals surface area (Å²) in [4.78, 5) is 14.2. The number of benzene rings is 1. The van der Waals surface area contributed by atoms with E-state index >= 15 is 0 Å². The molecule has 0 N–H and O–H groups in total. The van der Waals surface area contributed by atoms with E-state index < -0.39 is 0 Å². The summed E-state index contributed by atoms with van der Waals surface area (Å²) in [6, 6.07) is 9.30. The van der Waals surface area contributed by atoms with Gasteiger partial charge in [-0.05, 0) is 55.9 Å². The quantitative estimate of drug-likeness (QED) is 0.815. The fourth-order valence-corrected chi connectivity index (χ4v) is 2.69. The van der Waals surface area contributed by atoms with E-state index in [4.69, 9.17) is 5.26 Å². The SMILES string of the molecule is CC1CCC(N(C)C(=O)c2ccc(C#N)cc2)CC1. The topological polar surface area (TPSA) is 44.1 Å². The van der Waals surface area contributed by atoms with Crippen molar-refractivity contribution in [1.29, 1.82) is 5.26 Å². The molecule has 1 aromatic rings. The number of hydrogen-bond donors (Lipinski definition) is 0. The molecule has 2 rings (SSSR count). The number of hydrogen-bond acceptors (Lipinski definition) is 2. The van der Waals surface area contributed by atoms with Crippen LogP contribution in [-0.4, -0.2) is 23.9 Å². The van der Waals surface area contributed by atoms with Gasteiger partial charge in [-0.15, -0.1) is 0 Å². The van der Waals surface area contributed by atoms with Gasteiger partial charge in [0.2, 0.25) is 0 Å². The van der Waals surface area contributed by atoms with Crippen LogP contribution >= 0.6 is 0 Å². The van der Waals surface area contributed by atoms with E-state index in [0.29, 0.717) is 17.2 Å². The molecule has 0 spiro atoms. The van der Waals surface area contributed by atoms with E-state index in [-0.39, 0.29) is 5.91 Å². The van der Waals surface area contributed by atoms with Gasteiger partial charge in [0.1, 0.15) is 0 Å². The minimum atomic E-state index is 0.0593. The Labute approximate surface area is 114 Å². The van der Waals surface area contributed by atoms with Crippen LogP contribution in [0.5, 0.6) is 0 Å². The lowest BCUT2D eigenvalue weighted by atomic mass is 9.86. The van der Waals surface area contributed by atoms with Gasteiger partial charge in [-0.3, -0.25) is 4.79 Å². The lowest BCUT2D eigenvalue weighted by molar-refractivity contribution is 0.0679. The molecule has 0 bridgehead atoms. The molecule has 0 radical (unpaired) electrons. The van der Waals surface area contributed by atoms with Crippen LogP contribution < -0.4 is 0 Å². The third kappa shape index (κ3) is 3.14. The first-order chi connectivity index (χ1) is 9.11. The first-order valence-electron chi connectivity index (χ1n) is 6.89. The standard InChI is InChI=1S/C16H20N2O/c1-12-3-9-15(10-4-12)18(2)16(19)14-7-5-13(11-17)6-8-14/h5-8,12,15H,3-4,9-10H2,1-2H3. The summed E-state index contributed by atoms with van der Waals surface area (Å²) in [5, 5.41) is 8.76.